The molecule has 0 bridgehead atoms. The lowest BCUT2D eigenvalue weighted by atomic mass is 10.2. The molecule has 1 amide bonds. The van der Waals surface area contributed by atoms with Crippen LogP contribution in [0.5, 0.6) is 11.5 Å². The summed E-state index contributed by atoms with van der Waals surface area (Å²) >= 11 is 1.60. The molecule has 32 heavy (non-hydrogen) atoms. The van der Waals surface area contributed by atoms with Gasteiger partial charge in [0.05, 0.1) is 20.8 Å². The minimum atomic E-state index is -3.66. The molecule has 4 aromatic rings. The summed E-state index contributed by atoms with van der Waals surface area (Å²) in [5.74, 6) is 0.0107. The Bertz CT molecular complexity index is 1400. The number of para-hydroxylation sites is 1. The molecular weight excluding hydrogens is 448 g/mol. The van der Waals surface area contributed by atoms with Crippen molar-refractivity contribution in [2.24, 2.45) is 0 Å². The smallest absolute Gasteiger partial charge is 0.239 e. The number of ether oxygens (including phenoxy) is 2. The quantitative estimate of drug-likeness (QED) is 0.458. The van der Waals surface area contributed by atoms with Crippen molar-refractivity contribution in [1.82, 2.24) is 4.98 Å². The number of carbonyl (C=O) groups excluding carboxylic acids is 1. The first-order valence-corrected chi connectivity index (χ1v) is 12.3. The Labute approximate surface area is 188 Å². The highest BCUT2D eigenvalue weighted by atomic mass is 32.2. The van der Waals surface area contributed by atoms with Gasteiger partial charge in [0.25, 0.3) is 0 Å². The lowest BCUT2D eigenvalue weighted by Crippen LogP contribution is -2.29. The lowest BCUT2D eigenvalue weighted by Gasteiger charge is -2.18. The topological polar surface area (TPSA) is 94.6 Å². The highest BCUT2D eigenvalue weighted by molar-refractivity contribution is 7.92. The maximum atomic E-state index is 12.3. The van der Waals surface area contributed by atoms with Crippen LogP contribution in [0.25, 0.3) is 10.2 Å². The van der Waals surface area contributed by atoms with E-state index >= 15 is 0 Å². The van der Waals surface area contributed by atoms with E-state index < -0.39 is 21.5 Å². The van der Waals surface area contributed by atoms with E-state index in [1.54, 1.807) is 17.4 Å². The van der Waals surface area contributed by atoms with Gasteiger partial charge in [-0.2, -0.15) is 0 Å². The van der Waals surface area contributed by atoms with Crippen molar-refractivity contribution in [3.8, 4) is 11.5 Å². The number of hydrogen-bond donors (Lipinski definition) is 1. The molecule has 2 heterocycles. The van der Waals surface area contributed by atoms with Crippen LogP contribution in [-0.4, -0.2) is 25.1 Å². The van der Waals surface area contributed by atoms with Gasteiger partial charge in [-0.05, 0) is 42.0 Å². The van der Waals surface area contributed by atoms with Gasteiger partial charge in [0.15, 0.2) is 9.84 Å². The van der Waals surface area contributed by atoms with Crippen LogP contribution < -0.4 is 14.8 Å². The molecule has 0 saturated carbocycles. The molecule has 0 atom stereocenters. The minimum Gasteiger partial charge on any atom is -0.489 e. The number of thiazole rings is 1. The molecule has 3 aromatic carbocycles. The predicted molar refractivity (Wildman–Crippen MR) is 122 cm³/mol. The largest absolute Gasteiger partial charge is 0.489 e. The minimum absolute atomic E-state index is 0.0718. The number of nitrogens with one attached hydrogen (secondary N) is 1. The summed E-state index contributed by atoms with van der Waals surface area (Å²) in [6.07, 6.45) is 0. The van der Waals surface area contributed by atoms with Crippen LogP contribution in [0.3, 0.4) is 0 Å². The van der Waals surface area contributed by atoms with Gasteiger partial charge in [-0.1, -0.05) is 24.3 Å². The van der Waals surface area contributed by atoms with Gasteiger partial charge in [-0.15, -0.1) is 11.3 Å². The van der Waals surface area contributed by atoms with Crippen LogP contribution in [-0.2, 0) is 27.8 Å². The van der Waals surface area contributed by atoms with Crippen molar-refractivity contribution >= 4 is 43.0 Å². The summed E-state index contributed by atoms with van der Waals surface area (Å²) in [5.41, 5.74) is 2.12. The number of nitrogens with zero attached hydrogens (tertiary/aromatic N) is 1. The average Bonchev–Trinajstić information content (AvgIpc) is 3.19. The molecule has 0 fully saturated rings. The molecule has 7 nitrogen and oxygen atoms in total. The number of rotatable bonds is 6. The van der Waals surface area contributed by atoms with Crippen LogP contribution in [0.2, 0.25) is 0 Å². The first-order valence-electron chi connectivity index (χ1n) is 9.82. The van der Waals surface area contributed by atoms with Crippen LogP contribution >= 0.6 is 11.3 Å². The summed E-state index contributed by atoms with van der Waals surface area (Å²) in [6.45, 7) is 0.613. The number of sulfone groups is 1. The Morgan fingerprint density at radius 2 is 1.75 bits per heavy atom. The number of anilines is 1. The number of carbonyl (C=O) groups is 1. The summed E-state index contributed by atoms with van der Waals surface area (Å²) in [6, 6.07) is 20.1. The van der Waals surface area contributed by atoms with E-state index in [0.717, 1.165) is 20.8 Å². The molecule has 1 aliphatic rings. The van der Waals surface area contributed by atoms with Crippen molar-refractivity contribution in [2.75, 3.05) is 11.1 Å². The van der Waals surface area contributed by atoms with E-state index in [2.05, 4.69) is 10.3 Å². The van der Waals surface area contributed by atoms with Crippen molar-refractivity contribution in [1.29, 1.82) is 0 Å². The fourth-order valence-corrected chi connectivity index (χ4v) is 5.61. The van der Waals surface area contributed by atoms with Gasteiger partial charge in [0.1, 0.15) is 35.5 Å². The monoisotopic (exact) mass is 466 g/mol. The standard InChI is InChI=1S/C23H18N2O5S2/c26-22-14-32(27,28)21-11-17(8-9-19(21)24-22)29-12-15-4-3-5-16(10-15)30-13-23-25-18-6-1-2-7-20(18)31-23/h1-11H,12-14H2,(H,24,26). The molecule has 162 valence electrons. The van der Waals surface area contributed by atoms with Crippen LogP contribution in [0.1, 0.15) is 10.6 Å². The fraction of sp³-hybridized carbons (Fsp3) is 0.130. The maximum Gasteiger partial charge on any atom is 0.239 e. The lowest BCUT2D eigenvalue weighted by molar-refractivity contribution is -0.114. The number of amides is 1. The molecule has 5 rings (SSSR count). The Kier molecular flexibility index (Phi) is 5.28. The Hall–Kier alpha value is -3.43. The zero-order valence-electron chi connectivity index (χ0n) is 16.8. The van der Waals surface area contributed by atoms with Gasteiger partial charge >= 0.3 is 0 Å². The zero-order valence-corrected chi connectivity index (χ0v) is 18.4. The van der Waals surface area contributed by atoms with E-state index in [9.17, 15) is 13.2 Å². The van der Waals surface area contributed by atoms with Gasteiger partial charge in [0, 0.05) is 6.07 Å². The zero-order chi connectivity index (χ0) is 22.1. The van der Waals surface area contributed by atoms with E-state index in [1.165, 1.54) is 12.1 Å². The van der Waals surface area contributed by atoms with Crippen LogP contribution in [0.15, 0.2) is 71.6 Å². The molecule has 0 aliphatic carbocycles. The fourth-order valence-electron chi connectivity index (χ4n) is 3.41. The Morgan fingerprint density at radius 3 is 2.62 bits per heavy atom. The number of hydrogen-bond acceptors (Lipinski definition) is 7. The van der Waals surface area contributed by atoms with Crippen molar-refractivity contribution in [3.63, 3.8) is 0 Å². The number of fused-ring (bicyclic) bond motifs is 2. The maximum absolute atomic E-state index is 12.3. The van der Waals surface area contributed by atoms with Gasteiger partial charge in [-0.3, -0.25) is 4.79 Å². The van der Waals surface area contributed by atoms with Crippen molar-refractivity contribution in [3.05, 3.63) is 77.3 Å². The molecular formula is C23H18N2O5S2. The summed E-state index contributed by atoms with van der Waals surface area (Å²) < 4.78 is 37.3. The third-order valence-corrected chi connectivity index (χ3v) is 7.55. The van der Waals surface area contributed by atoms with Crippen LogP contribution in [0.4, 0.5) is 5.69 Å². The predicted octanol–water partition coefficient (Wildman–Crippen LogP) is 4.18. The normalized spacial score (nSPS) is 14.6. The third kappa shape index (κ3) is 4.30. The van der Waals surface area contributed by atoms with E-state index in [0.29, 0.717) is 18.1 Å². The SMILES string of the molecule is O=C1CS(=O)(=O)c2cc(OCc3cccc(OCc4nc5ccccc5s4)c3)ccc2N1. The van der Waals surface area contributed by atoms with Crippen molar-refractivity contribution < 1.29 is 22.7 Å². The van der Waals surface area contributed by atoms with Gasteiger partial charge in [0.2, 0.25) is 5.91 Å². The molecule has 1 N–H and O–H groups in total. The summed E-state index contributed by atoms with van der Waals surface area (Å²) in [5, 5.41) is 3.46. The summed E-state index contributed by atoms with van der Waals surface area (Å²) in [4.78, 5) is 16.2. The second-order valence-corrected chi connectivity index (χ2v) is 10.3. The third-order valence-electron chi connectivity index (χ3n) is 4.89. The molecule has 0 unspecified atom stereocenters. The Morgan fingerprint density at radius 1 is 0.938 bits per heavy atom. The molecule has 0 radical (unpaired) electrons. The molecule has 0 saturated heterocycles. The first-order chi connectivity index (χ1) is 15.5. The Balaban J connectivity index is 1.25. The molecule has 1 aromatic heterocycles. The molecule has 9 heteroatoms. The van der Waals surface area contributed by atoms with E-state index in [4.69, 9.17) is 9.47 Å². The van der Waals surface area contributed by atoms with Crippen LogP contribution in [0, 0.1) is 0 Å². The molecule has 0 spiro atoms. The van der Waals surface area contributed by atoms with E-state index in [-0.39, 0.29) is 17.2 Å². The summed E-state index contributed by atoms with van der Waals surface area (Å²) in [7, 11) is -3.66. The second kappa shape index (κ2) is 8.25. The molecule has 1 aliphatic heterocycles. The number of benzene rings is 3. The van der Waals surface area contributed by atoms with E-state index in [1.807, 2.05) is 48.5 Å². The average molecular weight is 467 g/mol. The highest BCUT2D eigenvalue weighted by Gasteiger charge is 2.29. The highest BCUT2D eigenvalue weighted by Crippen LogP contribution is 2.31. The van der Waals surface area contributed by atoms with Crippen molar-refractivity contribution in [2.45, 2.75) is 18.1 Å². The number of aromatic nitrogens is 1. The first kappa shape index (κ1) is 20.5. The van der Waals surface area contributed by atoms with Gasteiger partial charge in [-0.25, -0.2) is 13.4 Å². The van der Waals surface area contributed by atoms with Gasteiger partial charge < -0.3 is 14.8 Å². The second-order valence-electron chi connectivity index (χ2n) is 7.27.